The van der Waals surface area contributed by atoms with Gasteiger partial charge in [-0.2, -0.15) is 0 Å². The molecular weight excluding hydrogens is 262 g/mol. The van der Waals surface area contributed by atoms with E-state index >= 15 is 0 Å². The second-order valence-corrected chi connectivity index (χ2v) is 6.11. The van der Waals surface area contributed by atoms with E-state index in [-0.39, 0.29) is 12.5 Å². The number of nitrogens with one attached hydrogen (secondary N) is 1. The number of amides is 1. The minimum atomic E-state index is 0.190. The molecule has 0 aliphatic heterocycles. The fourth-order valence-corrected chi connectivity index (χ4v) is 3.29. The Morgan fingerprint density at radius 3 is 2.57 bits per heavy atom. The first kappa shape index (κ1) is 16.0. The van der Waals surface area contributed by atoms with Crippen molar-refractivity contribution in [3.63, 3.8) is 0 Å². The summed E-state index contributed by atoms with van der Waals surface area (Å²) in [5.41, 5.74) is 1.25. The van der Waals surface area contributed by atoms with Gasteiger partial charge in [0.25, 0.3) is 0 Å². The molecule has 0 radical (unpaired) electrons. The zero-order valence-electron chi connectivity index (χ0n) is 12.8. The molecular formula is C18H27NO2. The molecule has 2 N–H and O–H groups in total. The lowest BCUT2D eigenvalue weighted by atomic mass is 9.93. The molecule has 1 saturated carbocycles. The number of hydrogen-bond donors (Lipinski definition) is 2. The van der Waals surface area contributed by atoms with Gasteiger partial charge in [-0.3, -0.25) is 4.79 Å². The first-order valence-electron chi connectivity index (χ1n) is 8.22. The lowest BCUT2D eigenvalue weighted by molar-refractivity contribution is -0.122. The minimum Gasteiger partial charge on any atom is -0.396 e. The molecule has 1 atom stereocenters. The van der Waals surface area contributed by atoms with Gasteiger partial charge in [-0.05, 0) is 43.1 Å². The smallest absolute Gasteiger partial charge is 0.220 e. The molecule has 0 bridgehead atoms. The van der Waals surface area contributed by atoms with Crippen molar-refractivity contribution in [3.8, 4) is 0 Å². The zero-order valence-corrected chi connectivity index (χ0v) is 12.8. The van der Waals surface area contributed by atoms with Crippen LogP contribution in [-0.2, 0) is 4.79 Å². The number of carbonyl (C=O) groups is 1. The molecule has 21 heavy (non-hydrogen) atoms. The maximum absolute atomic E-state index is 11.9. The average molecular weight is 289 g/mol. The number of rotatable bonds is 8. The summed E-state index contributed by atoms with van der Waals surface area (Å²) < 4.78 is 0. The molecule has 1 aliphatic carbocycles. The monoisotopic (exact) mass is 289 g/mol. The standard InChI is InChI=1S/C18H27NO2/c20-13-11-17(16-8-2-1-3-9-16)10-12-19-18(21)14-15-6-4-5-7-15/h1-3,8-9,15,17,20H,4-7,10-14H2,(H,19,21)/t17-/m1/s1. The number of carbonyl (C=O) groups excluding carboxylic acids is 1. The van der Waals surface area contributed by atoms with Crippen LogP contribution in [0.3, 0.4) is 0 Å². The van der Waals surface area contributed by atoms with Gasteiger partial charge in [0.2, 0.25) is 5.91 Å². The quantitative estimate of drug-likeness (QED) is 0.772. The highest BCUT2D eigenvalue weighted by atomic mass is 16.3. The number of hydrogen-bond acceptors (Lipinski definition) is 2. The number of aliphatic hydroxyl groups excluding tert-OH is 1. The summed E-state index contributed by atoms with van der Waals surface area (Å²) in [7, 11) is 0. The van der Waals surface area contributed by atoms with Crippen LogP contribution in [0.1, 0.15) is 56.4 Å². The van der Waals surface area contributed by atoms with Crippen molar-refractivity contribution in [3.05, 3.63) is 35.9 Å². The molecule has 1 aliphatic rings. The van der Waals surface area contributed by atoms with Crippen molar-refractivity contribution in [2.45, 2.75) is 50.9 Å². The molecule has 0 spiro atoms. The summed E-state index contributed by atoms with van der Waals surface area (Å²) in [5, 5.41) is 12.3. The second-order valence-electron chi connectivity index (χ2n) is 6.11. The summed E-state index contributed by atoms with van der Waals surface area (Å²) >= 11 is 0. The first-order valence-corrected chi connectivity index (χ1v) is 8.22. The van der Waals surface area contributed by atoms with Crippen molar-refractivity contribution in [2.24, 2.45) is 5.92 Å². The molecule has 0 aromatic heterocycles. The molecule has 3 heteroatoms. The topological polar surface area (TPSA) is 49.3 Å². The van der Waals surface area contributed by atoms with Gasteiger partial charge in [0.05, 0.1) is 0 Å². The van der Waals surface area contributed by atoms with Crippen LogP contribution in [-0.4, -0.2) is 24.2 Å². The highest BCUT2D eigenvalue weighted by molar-refractivity contribution is 5.76. The van der Waals surface area contributed by atoms with E-state index in [9.17, 15) is 9.90 Å². The van der Waals surface area contributed by atoms with E-state index in [2.05, 4.69) is 17.4 Å². The van der Waals surface area contributed by atoms with Gasteiger partial charge in [-0.25, -0.2) is 0 Å². The largest absolute Gasteiger partial charge is 0.396 e. The summed E-state index contributed by atoms with van der Waals surface area (Å²) in [6.07, 6.45) is 7.32. The van der Waals surface area contributed by atoms with Gasteiger partial charge in [0.1, 0.15) is 0 Å². The van der Waals surface area contributed by atoms with Crippen LogP contribution in [0, 0.1) is 5.92 Å². The van der Waals surface area contributed by atoms with Crippen LogP contribution in [0.25, 0.3) is 0 Å². The van der Waals surface area contributed by atoms with Gasteiger partial charge in [0.15, 0.2) is 0 Å². The van der Waals surface area contributed by atoms with Crippen LogP contribution in [0.2, 0.25) is 0 Å². The van der Waals surface area contributed by atoms with Crippen LogP contribution >= 0.6 is 0 Å². The van der Waals surface area contributed by atoms with Gasteiger partial charge in [0, 0.05) is 19.6 Å². The molecule has 2 rings (SSSR count). The fraction of sp³-hybridized carbons (Fsp3) is 0.611. The summed E-state index contributed by atoms with van der Waals surface area (Å²) in [6.45, 7) is 0.890. The predicted molar refractivity (Wildman–Crippen MR) is 85.1 cm³/mol. The first-order chi connectivity index (χ1) is 10.3. The molecule has 1 fully saturated rings. The molecule has 0 heterocycles. The minimum absolute atomic E-state index is 0.190. The molecule has 0 unspecified atom stereocenters. The lowest BCUT2D eigenvalue weighted by Crippen LogP contribution is -2.27. The third-order valence-corrected chi connectivity index (χ3v) is 4.51. The Hall–Kier alpha value is -1.35. The SMILES string of the molecule is O=C(CC1CCCC1)NCC[C@H](CCO)c1ccccc1. The molecule has 1 aromatic rings. The van der Waals surface area contributed by atoms with E-state index in [0.29, 0.717) is 24.8 Å². The van der Waals surface area contributed by atoms with Crippen LogP contribution in [0.15, 0.2) is 30.3 Å². The van der Waals surface area contributed by atoms with Gasteiger partial charge >= 0.3 is 0 Å². The molecule has 3 nitrogen and oxygen atoms in total. The van der Waals surface area contributed by atoms with E-state index in [0.717, 1.165) is 12.8 Å². The lowest BCUT2D eigenvalue weighted by Gasteiger charge is -2.17. The normalized spacial score (nSPS) is 16.8. The van der Waals surface area contributed by atoms with E-state index in [1.165, 1.54) is 31.2 Å². The maximum atomic E-state index is 11.9. The van der Waals surface area contributed by atoms with E-state index in [1.807, 2.05) is 18.2 Å². The Bertz CT molecular complexity index is 412. The molecule has 1 amide bonds. The number of aliphatic hydroxyl groups is 1. The van der Waals surface area contributed by atoms with Crippen molar-refractivity contribution >= 4 is 5.91 Å². The van der Waals surface area contributed by atoms with Crippen LogP contribution in [0.5, 0.6) is 0 Å². The second kappa shape index (κ2) is 8.83. The highest BCUT2D eigenvalue weighted by Crippen LogP contribution is 2.27. The molecule has 0 saturated heterocycles. The van der Waals surface area contributed by atoms with Crippen molar-refractivity contribution in [1.29, 1.82) is 0 Å². The van der Waals surface area contributed by atoms with Gasteiger partial charge < -0.3 is 10.4 Å². The van der Waals surface area contributed by atoms with E-state index in [1.54, 1.807) is 0 Å². The number of benzene rings is 1. The summed E-state index contributed by atoms with van der Waals surface area (Å²) in [4.78, 5) is 11.9. The fourth-order valence-electron chi connectivity index (χ4n) is 3.29. The third-order valence-electron chi connectivity index (χ3n) is 4.51. The van der Waals surface area contributed by atoms with Gasteiger partial charge in [-0.1, -0.05) is 43.2 Å². The van der Waals surface area contributed by atoms with Crippen molar-refractivity contribution in [2.75, 3.05) is 13.2 Å². The Morgan fingerprint density at radius 2 is 1.90 bits per heavy atom. The van der Waals surface area contributed by atoms with Crippen LogP contribution < -0.4 is 5.32 Å². The summed E-state index contributed by atoms with van der Waals surface area (Å²) in [6, 6.07) is 10.3. The summed E-state index contributed by atoms with van der Waals surface area (Å²) in [5.74, 6) is 1.12. The average Bonchev–Trinajstić information content (AvgIpc) is 3.00. The Balaban J connectivity index is 1.73. The van der Waals surface area contributed by atoms with Crippen LogP contribution in [0.4, 0.5) is 0 Å². The Labute approximate surface area is 127 Å². The van der Waals surface area contributed by atoms with Crippen molar-refractivity contribution < 1.29 is 9.90 Å². The van der Waals surface area contributed by atoms with Gasteiger partial charge in [-0.15, -0.1) is 0 Å². The maximum Gasteiger partial charge on any atom is 0.220 e. The Kier molecular flexibility index (Phi) is 6.74. The van der Waals surface area contributed by atoms with E-state index in [4.69, 9.17) is 0 Å². The van der Waals surface area contributed by atoms with E-state index < -0.39 is 0 Å². The predicted octanol–water partition coefficient (Wildman–Crippen LogP) is 3.24. The molecule has 1 aromatic carbocycles. The zero-order chi connectivity index (χ0) is 14.9. The highest BCUT2D eigenvalue weighted by Gasteiger charge is 2.18. The Morgan fingerprint density at radius 1 is 1.19 bits per heavy atom. The van der Waals surface area contributed by atoms with Crippen molar-refractivity contribution in [1.82, 2.24) is 5.32 Å². The third kappa shape index (κ3) is 5.50. The molecule has 116 valence electrons.